The van der Waals surface area contributed by atoms with Gasteiger partial charge in [0.1, 0.15) is 0 Å². The van der Waals surface area contributed by atoms with Crippen LogP contribution in [0.2, 0.25) is 5.02 Å². The van der Waals surface area contributed by atoms with Gasteiger partial charge >= 0.3 is 0 Å². The topological polar surface area (TPSA) is 65.2 Å². The minimum Gasteiger partial charge on any atom is -0.357 e. The van der Waals surface area contributed by atoms with Crippen LogP contribution in [0.3, 0.4) is 0 Å². The Hall–Kier alpha value is -2.54. The number of fused-ring (bicyclic) bond motifs is 4. The Morgan fingerprint density at radius 2 is 1.83 bits per heavy atom. The number of nitrogens with zero attached hydrogens (tertiary/aromatic N) is 1. The standard InChI is InChI=1S/C22H20ClN3O2S/c1-26-11-10-17-16-9-8-14(12-20(16)24-21(17)13-26)25-29(27,28)22-7-3-4-15-18(22)5-2-6-19(15)23/h2-9,12,24-25H,10-11,13H2,1H3. The van der Waals surface area contributed by atoms with Gasteiger partial charge in [0, 0.05) is 45.5 Å². The Kier molecular flexibility index (Phi) is 4.31. The first-order chi connectivity index (χ1) is 13.9. The van der Waals surface area contributed by atoms with Gasteiger partial charge in [-0.1, -0.05) is 41.9 Å². The number of sulfonamides is 1. The van der Waals surface area contributed by atoms with Gasteiger partial charge in [-0.05, 0) is 43.3 Å². The summed E-state index contributed by atoms with van der Waals surface area (Å²) in [7, 11) is -1.67. The molecule has 0 bridgehead atoms. The minimum atomic E-state index is -3.77. The highest BCUT2D eigenvalue weighted by Crippen LogP contribution is 2.32. The Morgan fingerprint density at radius 1 is 1.03 bits per heavy atom. The van der Waals surface area contributed by atoms with E-state index in [0.717, 1.165) is 30.4 Å². The number of benzene rings is 3. The zero-order valence-corrected chi connectivity index (χ0v) is 17.4. The molecule has 5 nitrogen and oxygen atoms in total. The molecule has 1 aromatic heterocycles. The second-order valence-corrected chi connectivity index (χ2v) is 9.58. The van der Waals surface area contributed by atoms with E-state index in [0.29, 0.717) is 21.5 Å². The predicted molar refractivity (Wildman–Crippen MR) is 118 cm³/mol. The van der Waals surface area contributed by atoms with Gasteiger partial charge in [-0.3, -0.25) is 4.72 Å². The number of halogens is 1. The van der Waals surface area contributed by atoms with Crippen LogP contribution >= 0.6 is 11.6 Å². The maximum atomic E-state index is 13.1. The fourth-order valence-corrected chi connectivity index (χ4v) is 5.64. The van der Waals surface area contributed by atoms with Crippen LogP contribution in [0.15, 0.2) is 59.5 Å². The van der Waals surface area contributed by atoms with Crippen molar-refractivity contribution in [2.24, 2.45) is 0 Å². The molecule has 0 atom stereocenters. The number of H-pyrrole nitrogens is 1. The molecule has 0 saturated carbocycles. The Labute approximate surface area is 174 Å². The van der Waals surface area contributed by atoms with E-state index in [1.807, 2.05) is 24.3 Å². The summed E-state index contributed by atoms with van der Waals surface area (Å²) >= 11 is 6.24. The summed E-state index contributed by atoms with van der Waals surface area (Å²) in [6, 6.07) is 16.1. The first-order valence-corrected chi connectivity index (χ1v) is 11.3. The number of nitrogens with one attached hydrogen (secondary N) is 2. The number of hydrogen-bond acceptors (Lipinski definition) is 3. The highest BCUT2D eigenvalue weighted by atomic mass is 35.5. The van der Waals surface area contributed by atoms with Crippen molar-refractivity contribution in [1.29, 1.82) is 0 Å². The van der Waals surface area contributed by atoms with Crippen molar-refractivity contribution < 1.29 is 8.42 Å². The van der Waals surface area contributed by atoms with Crippen molar-refractivity contribution in [3.8, 4) is 0 Å². The van der Waals surface area contributed by atoms with Crippen LogP contribution in [0, 0.1) is 0 Å². The lowest BCUT2D eigenvalue weighted by atomic mass is 10.0. The first kappa shape index (κ1) is 18.5. The second kappa shape index (κ2) is 6.76. The second-order valence-electron chi connectivity index (χ2n) is 7.53. The van der Waals surface area contributed by atoms with Gasteiger partial charge in [0.25, 0.3) is 10.0 Å². The van der Waals surface area contributed by atoms with Gasteiger partial charge in [-0.15, -0.1) is 0 Å². The molecule has 0 aliphatic carbocycles. The number of likely N-dealkylation sites (N-methyl/N-ethyl adjacent to an activating group) is 1. The zero-order chi connectivity index (χ0) is 20.2. The van der Waals surface area contributed by atoms with Gasteiger partial charge in [0.05, 0.1) is 10.6 Å². The van der Waals surface area contributed by atoms with E-state index in [2.05, 4.69) is 21.7 Å². The van der Waals surface area contributed by atoms with Gasteiger partial charge in [-0.2, -0.15) is 0 Å². The third kappa shape index (κ3) is 3.17. The summed E-state index contributed by atoms with van der Waals surface area (Å²) in [6.07, 6.45) is 0.994. The fourth-order valence-electron chi connectivity index (χ4n) is 4.13. The van der Waals surface area contributed by atoms with Gasteiger partial charge in [0.2, 0.25) is 0 Å². The normalized spacial score (nSPS) is 15.0. The van der Waals surface area contributed by atoms with Crippen LogP contribution in [0.25, 0.3) is 21.7 Å². The number of hydrogen-bond donors (Lipinski definition) is 2. The van der Waals surface area contributed by atoms with E-state index < -0.39 is 10.0 Å². The molecular formula is C22H20ClN3O2S. The van der Waals surface area contributed by atoms with Crippen molar-refractivity contribution in [3.05, 3.63) is 70.9 Å². The summed E-state index contributed by atoms with van der Waals surface area (Å²) in [5, 5.41) is 3.01. The number of aromatic amines is 1. The van der Waals surface area contributed by atoms with Crippen LogP contribution in [-0.2, 0) is 23.0 Å². The van der Waals surface area contributed by atoms with Crippen LogP contribution in [-0.4, -0.2) is 31.9 Å². The third-order valence-corrected chi connectivity index (χ3v) is 7.31. The molecule has 4 aromatic rings. The van der Waals surface area contributed by atoms with E-state index in [1.165, 1.54) is 11.3 Å². The van der Waals surface area contributed by atoms with E-state index in [1.54, 1.807) is 30.3 Å². The maximum Gasteiger partial charge on any atom is 0.262 e. The maximum absolute atomic E-state index is 13.1. The molecule has 0 amide bonds. The van der Waals surface area contributed by atoms with Crippen LogP contribution in [0.4, 0.5) is 5.69 Å². The highest BCUT2D eigenvalue weighted by molar-refractivity contribution is 7.93. The van der Waals surface area contributed by atoms with Crippen molar-refractivity contribution in [2.75, 3.05) is 18.3 Å². The molecule has 0 fully saturated rings. The lowest BCUT2D eigenvalue weighted by Gasteiger charge is -2.22. The van der Waals surface area contributed by atoms with Crippen molar-refractivity contribution >= 4 is 49.0 Å². The summed E-state index contributed by atoms with van der Waals surface area (Å²) in [4.78, 5) is 5.94. The van der Waals surface area contributed by atoms with Gasteiger partial charge in [0.15, 0.2) is 0 Å². The smallest absolute Gasteiger partial charge is 0.262 e. The molecule has 1 aliphatic rings. The molecule has 2 N–H and O–H groups in total. The fraction of sp³-hybridized carbons (Fsp3) is 0.182. The SMILES string of the molecule is CN1CCc2c([nH]c3cc(NS(=O)(=O)c4cccc5c(Cl)cccc45)ccc23)C1. The Balaban J connectivity index is 1.54. The third-order valence-electron chi connectivity index (χ3n) is 5.54. The van der Waals surface area contributed by atoms with Gasteiger partial charge in [-0.25, -0.2) is 8.42 Å². The first-order valence-electron chi connectivity index (χ1n) is 9.44. The van der Waals surface area contributed by atoms with Crippen molar-refractivity contribution in [2.45, 2.75) is 17.9 Å². The largest absolute Gasteiger partial charge is 0.357 e. The molecule has 2 heterocycles. The van der Waals surface area contributed by atoms with E-state index in [9.17, 15) is 8.42 Å². The number of aromatic nitrogens is 1. The van der Waals surface area contributed by atoms with E-state index in [4.69, 9.17) is 11.6 Å². The van der Waals surface area contributed by atoms with Crippen LogP contribution in [0.5, 0.6) is 0 Å². The predicted octanol–water partition coefficient (Wildman–Crippen LogP) is 4.76. The molecule has 3 aromatic carbocycles. The van der Waals surface area contributed by atoms with Crippen molar-refractivity contribution in [3.63, 3.8) is 0 Å². The summed E-state index contributed by atoms with van der Waals surface area (Å²) in [5.74, 6) is 0. The zero-order valence-electron chi connectivity index (χ0n) is 15.9. The van der Waals surface area contributed by atoms with E-state index in [-0.39, 0.29) is 4.90 Å². The highest BCUT2D eigenvalue weighted by Gasteiger charge is 2.21. The average Bonchev–Trinajstić information content (AvgIpc) is 3.04. The molecule has 7 heteroatoms. The van der Waals surface area contributed by atoms with Crippen LogP contribution < -0.4 is 4.72 Å². The quantitative estimate of drug-likeness (QED) is 0.497. The molecule has 148 valence electrons. The summed E-state index contributed by atoms with van der Waals surface area (Å²) < 4.78 is 29.0. The van der Waals surface area contributed by atoms with Crippen LogP contribution in [0.1, 0.15) is 11.3 Å². The van der Waals surface area contributed by atoms with Gasteiger partial charge < -0.3 is 9.88 Å². The number of rotatable bonds is 3. The lowest BCUT2D eigenvalue weighted by molar-refractivity contribution is 0.310. The molecule has 0 spiro atoms. The molecule has 29 heavy (non-hydrogen) atoms. The average molecular weight is 426 g/mol. The molecular weight excluding hydrogens is 406 g/mol. The molecule has 5 rings (SSSR count). The van der Waals surface area contributed by atoms with Crippen molar-refractivity contribution in [1.82, 2.24) is 9.88 Å². The minimum absolute atomic E-state index is 0.213. The molecule has 0 saturated heterocycles. The molecule has 1 aliphatic heterocycles. The molecule has 0 unspecified atom stereocenters. The van der Waals surface area contributed by atoms with E-state index >= 15 is 0 Å². The Morgan fingerprint density at radius 3 is 2.69 bits per heavy atom. The number of anilines is 1. The molecule has 0 radical (unpaired) electrons. The Bertz CT molecular complexity index is 1360. The monoisotopic (exact) mass is 425 g/mol. The summed E-state index contributed by atoms with van der Waals surface area (Å²) in [5.41, 5.74) is 4.02. The summed E-state index contributed by atoms with van der Waals surface area (Å²) in [6.45, 7) is 1.90. The lowest BCUT2D eigenvalue weighted by Crippen LogP contribution is -2.26.